The minimum atomic E-state index is -0.606. The van der Waals surface area contributed by atoms with Crippen LogP contribution in [-0.4, -0.2) is 38.1 Å². The van der Waals surface area contributed by atoms with Gasteiger partial charge in [-0.3, -0.25) is 9.59 Å². The Bertz CT molecular complexity index is 561. The highest BCUT2D eigenvalue weighted by Gasteiger charge is 2.26. The van der Waals surface area contributed by atoms with E-state index in [-0.39, 0.29) is 23.8 Å². The average molecular weight is 350 g/mol. The van der Waals surface area contributed by atoms with Crippen molar-refractivity contribution < 1.29 is 19.1 Å². The van der Waals surface area contributed by atoms with Crippen molar-refractivity contribution >= 4 is 11.8 Å². The van der Waals surface area contributed by atoms with E-state index < -0.39 is 6.04 Å². The van der Waals surface area contributed by atoms with Crippen LogP contribution < -0.4 is 20.1 Å². The highest BCUT2D eigenvalue weighted by molar-refractivity contribution is 5.98. The lowest BCUT2D eigenvalue weighted by molar-refractivity contribution is -0.124. The smallest absolute Gasteiger partial charge is 0.252 e. The molecule has 0 saturated carbocycles. The summed E-state index contributed by atoms with van der Waals surface area (Å²) in [5.41, 5.74) is 0.386. The Balaban J connectivity index is 2.95. The number of carbonyl (C=O) groups excluding carboxylic acids is 2. The number of hydrogen-bond acceptors (Lipinski definition) is 4. The predicted molar refractivity (Wildman–Crippen MR) is 98.2 cm³/mol. The van der Waals surface area contributed by atoms with E-state index in [0.717, 1.165) is 12.8 Å². The van der Waals surface area contributed by atoms with E-state index in [2.05, 4.69) is 10.6 Å². The van der Waals surface area contributed by atoms with Crippen LogP contribution >= 0.6 is 0 Å². The molecule has 0 aliphatic carbocycles. The molecule has 1 atom stereocenters. The summed E-state index contributed by atoms with van der Waals surface area (Å²) in [7, 11) is 3.05. The summed E-state index contributed by atoms with van der Waals surface area (Å²) in [5, 5.41) is 5.82. The van der Waals surface area contributed by atoms with Crippen molar-refractivity contribution in [1.29, 1.82) is 0 Å². The van der Waals surface area contributed by atoms with Gasteiger partial charge in [0.25, 0.3) is 5.91 Å². The molecule has 140 valence electrons. The number of rotatable bonds is 9. The second-order valence-corrected chi connectivity index (χ2v) is 6.32. The zero-order valence-corrected chi connectivity index (χ0v) is 16.0. The van der Waals surface area contributed by atoms with Gasteiger partial charge in [-0.05, 0) is 30.9 Å². The molecule has 0 aromatic heterocycles. The van der Waals surface area contributed by atoms with Crippen molar-refractivity contribution in [1.82, 2.24) is 10.6 Å². The molecular weight excluding hydrogens is 320 g/mol. The monoisotopic (exact) mass is 350 g/mol. The molecule has 0 radical (unpaired) electrons. The molecule has 2 amide bonds. The number of methoxy groups -OCH3 is 2. The largest absolute Gasteiger partial charge is 0.497 e. The number of carbonyl (C=O) groups is 2. The normalized spacial score (nSPS) is 12.0. The van der Waals surface area contributed by atoms with E-state index in [0.29, 0.717) is 17.1 Å². The molecule has 1 aromatic carbocycles. The van der Waals surface area contributed by atoms with E-state index in [9.17, 15) is 9.59 Å². The highest BCUT2D eigenvalue weighted by Crippen LogP contribution is 2.22. The van der Waals surface area contributed by atoms with E-state index >= 15 is 0 Å². The summed E-state index contributed by atoms with van der Waals surface area (Å²) in [6.45, 7) is 7.87. The van der Waals surface area contributed by atoms with Crippen molar-refractivity contribution in [3.8, 4) is 11.5 Å². The quantitative estimate of drug-likeness (QED) is 0.718. The number of benzene rings is 1. The van der Waals surface area contributed by atoms with Crippen LogP contribution in [0.5, 0.6) is 11.5 Å². The van der Waals surface area contributed by atoms with Gasteiger partial charge in [0.05, 0.1) is 14.2 Å². The Morgan fingerprint density at radius 3 is 1.88 bits per heavy atom. The van der Waals surface area contributed by atoms with Gasteiger partial charge in [0.15, 0.2) is 0 Å². The fourth-order valence-corrected chi connectivity index (χ4v) is 2.48. The van der Waals surface area contributed by atoms with Crippen LogP contribution in [0.2, 0.25) is 0 Å². The lowest BCUT2D eigenvalue weighted by Crippen LogP contribution is -2.51. The second-order valence-electron chi connectivity index (χ2n) is 6.32. The van der Waals surface area contributed by atoms with Crippen molar-refractivity contribution in [3.63, 3.8) is 0 Å². The third-order valence-corrected chi connectivity index (χ3v) is 4.18. The first-order chi connectivity index (χ1) is 11.9. The molecular formula is C19H30N2O4. The molecule has 0 aliphatic heterocycles. The number of ether oxygens (including phenoxy) is 2. The predicted octanol–water partition coefficient (Wildman–Crippen LogP) is 2.76. The summed E-state index contributed by atoms with van der Waals surface area (Å²) in [5.74, 6) is 0.507. The third kappa shape index (κ3) is 5.96. The van der Waals surface area contributed by atoms with Gasteiger partial charge in [0.2, 0.25) is 5.91 Å². The molecule has 0 bridgehead atoms. The van der Waals surface area contributed by atoms with Crippen molar-refractivity contribution in [2.24, 2.45) is 5.92 Å². The summed E-state index contributed by atoms with van der Waals surface area (Å²) < 4.78 is 10.4. The Hall–Kier alpha value is -2.24. The Kier molecular flexibility index (Phi) is 8.25. The van der Waals surface area contributed by atoms with E-state index in [1.807, 2.05) is 27.7 Å². The van der Waals surface area contributed by atoms with Gasteiger partial charge in [-0.15, -0.1) is 0 Å². The van der Waals surface area contributed by atoms with Gasteiger partial charge in [-0.25, -0.2) is 0 Å². The molecule has 0 saturated heterocycles. The van der Waals surface area contributed by atoms with Gasteiger partial charge in [0.1, 0.15) is 17.5 Å². The SMILES string of the molecule is CCC(CC)NC(=O)C(NC(=O)c1cc(OC)cc(OC)c1)C(C)C. The number of amides is 2. The van der Waals surface area contributed by atoms with Crippen molar-refractivity contribution in [2.75, 3.05) is 14.2 Å². The summed E-state index contributed by atoms with van der Waals surface area (Å²) in [4.78, 5) is 25.2. The third-order valence-electron chi connectivity index (χ3n) is 4.18. The molecule has 0 aliphatic rings. The van der Waals surface area contributed by atoms with Crippen LogP contribution in [-0.2, 0) is 4.79 Å². The molecule has 1 rings (SSSR count). The van der Waals surface area contributed by atoms with Crippen molar-refractivity contribution in [3.05, 3.63) is 23.8 Å². The van der Waals surface area contributed by atoms with Crippen LogP contribution in [0.25, 0.3) is 0 Å². The van der Waals surface area contributed by atoms with Crippen LogP contribution in [0.4, 0.5) is 0 Å². The first kappa shape index (κ1) is 20.8. The standard InChI is InChI=1S/C19H30N2O4/c1-7-14(8-2)20-19(23)17(12(3)4)21-18(22)13-9-15(24-5)11-16(10-13)25-6/h9-12,14,17H,7-8H2,1-6H3,(H,20,23)(H,21,22). The average Bonchev–Trinajstić information content (AvgIpc) is 2.62. The molecule has 0 heterocycles. The van der Waals surface area contributed by atoms with Crippen LogP contribution in [0, 0.1) is 5.92 Å². The first-order valence-electron chi connectivity index (χ1n) is 8.70. The van der Waals surface area contributed by atoms with Gasteiger partial charge < -0.3 is 20.1 Å². The molecule has 1 aromatic rings. The van der Waals surface area contributed by atoms with Crippen LogP contribution in [0.1, 0.15) is 50.9 Å². The van der Waals surface area contributed by atoms with Crippen molar-refractivity contribution in [2.45, 2.75) is 52.6 Å². The first-order valence-corrected chi connectivity index (χ1v) is 8.70. The molecule has 25 heavy (non-hydrogen) atoms. The maximum Gasteiger partial charge on any atom is 0.252 e. The zero-order chi connectivity index (χ0) is 19.0. The molecule has 2 N–H and O–H groups in total. The minimum absolute atomic E-state index is 0.0363. The Morgan fingerprint density at radius 2 is 1.48 bits per heavy atom. The van der Waals surface area contributed by atoms with Gasteiger partial charge in [0, 0.05) is 17.7 Å². The Morgan fingerprint density at radius 1 is 0.960 bits per heavy atom. The van der Waals surface area contributed by atoms with Gasteiger partial charge >= 0.3 is 0 Å². The molecule has 0 fully saturated rings. The minimum Gasteiger partial charge on any atom is -0.497 e. The zero-order valence-electron chi connectivity index (χ0n) is 16.0. The van der Waals surface area contributed by atoms with Gasteiger partial charge in [-0.1, -0.05) is 27.7 Å². The topological polar surface area (TPSA) is 76.7 Å². The fraction of sp³-hybridized carbons (Fsp3) is 0.579. The molecule has 6 heteroatoms. The van der Waals surface area contributed by atoms with E-state index in [1.165, 1.54) is 14.2 Å². The number of hydrogen-bond donors (Lipinski definition) is 2. The van der Waals surface area contributed by atoms with E-state index in [1.54, 1.807) is 18.2 Å². The molecule has 0 spiro atoms. The summed E-state index contributed by atoms with van der Waals surface area (Å²) in [6.07, 6.45) is 1.71. The van der Waals surface area contributed by atoms with Gasteiger partial charge in [-0.2, -0.15) is 0 Å². The van der Waals surface area contributed by atoms with E-state index in [4.69, 9.17) is 9.47 Å². The highest BCUT2D eigenvalue weighted by atomic mass is 16.5. The van der Waals surface area contributed by atoms with Crippen LogP contribution in [0.3, 0.4) is 0 Å². The lowest BCUT2D eigenvalue weighted by atomic mass is 10.0. The summed E-state index contributed by atoms with van der Waals surface area (Å²) in [6, 6.07) is 4.44. The number of nitrogens with one attached hydrogen (secondary N) is 2. The Labute approximate surface area is 150 Å². The second kappa shape index (κ2) is 9.91. The lowest BCUT2D eigenvalue weighted by Gasteiger charge is -2.24. The molecule has 1 unspecified atom stereocenters. The fourth-order valence-electron chi connectivity index (χ4n) is 2.48. The molecule has 6 nitrogen and oxygen atoms in total. The summed E-state index contributed by atoms with van der Waals surface area (Å²) >= 11 is 0. The maximum absolute atomic E-state index is 12.6. The maximum atomic E-state index is 12.6. The van der Waals surface area contributed by atoms with Crippen LogP contribution in [0.15, 0.2) is 18.2 Å².